The molecule has 0 saturated heterocycles. The van der Waals surface area contributed by atoms with Gasteiger partial charge in [-0.3, -0.25) is 9.48 Å². The summed E-state index contributed by atoms with van der Waals surface area (Å²) in [6.07, 6.45) is 1.49. The van der Waals surface area contributed by atoms with Gasteiger partial charge in [0.05, 0.1) is 17.9 Å². The van der Waals surface area contributed by atoms with E-state index in [1.807, 2.05) is 0 Å². The number of nitrogens with one attached hydrogen (secondary N) is 1. The Hall–Kier alpha value is -1.89. The lowest BCUT2D eigenvalue weighted by Crippen LogP contribution is -2.43. The van der Waals surface area contributed by atoms with Crippen LogP contribution in [0.5, 0.6) is 0 Å². The number of aliphatic hydroxyl groups is 1. The fourth-order valence-corrected chi connectivity index (χ4v) is 1.24. The van der Waals surface area contributed by atoms with Crippen LogP contribution in [0.2, 0.25) is 0 Å². The summed E-state index contributed by atoms with van der Waals surface area (Å²) in [5.41, 5.74) is 0.796. The monoisotopic (exact) mass is 227 g/mol. The van der Waals surface area contributed by atoms with Gasteiger partial charge in [0.25, 0.3) is 5.91 Å². The van der Waals surface area contributed by atoms with Crippen LogP contribution in [0.1, 0.15) is 16.1 Å². The fraction of sp³-hybridized carbons (Fsp3) is 0.444. The molecule has 1 aromatic heterocycles. The zero-order valence-corrected chi connectivity index (χ0v) is 8.97. The molecule has 16 heavy (non-hydrogen) atoms. The van der Waals surface area contributed by atoms with Crippen LogP contribution in [0.4, 0.5) is 0 Å². The van der Waals surface area contributed by atoms with Gasteiger partial charge in [0, 0.05) is 13.2 Å². The predicted molar refractivity (Wildman–Crippen MR) is 53.9 cm³/mol. The van der Waals surface area contributed by atoms with Crippen LogP contribution in [0.15, 0.2) is 6.20 Å². The molecule has 0 radical (unpaired) electrons. The van der Waals surface area contributed by atoms with Crippen LogP contribution in [0.25, 0.3) is 0 Å². The van der Waals surface area contributed by atoms with E-state index in [0.717, 1.165) is 0 Å². The molecule has 88 valence electrons. The number of hydrogen-bond donors (Lipinski definition) is 3. The molecule has 0 unspecified atom stereocenters. The predicted octanol–water partition coefficient (Wildman–Crippen LogP) is -1.10. The van der Waals surface area contributed by atoms with Gasteiger partial charge in [0.1, 0.15) is 0 Å². The molecule has 1 rings (SSSR count). The highest BCUT2D eigenvalue weighted by Gasteiger charge is 2.21. The maximum atomic E-state index is 11.6. The number of amides is 1. The highest BCUT2D eigenvalue weighted by molar-refractivity contribution is 5.97. The number of aliphatic carboxylic acids is 1. The van der Waals surface area contributed by atoms with Crippen molar-refractivity contribution in [2.75, 3.05) is 6.61 Å². The number of aryl methyl sites for hydroxylation is 2. The van der Waals surface area contributed by atoms with E-state index in [4.69, 9.17) is 10.2 Å². The van der Waals surface area contributed by atoms with E-state index in [0.29, 0.717) is 11.3 Å². The Kier molecular flexibility index (Phi) is 3.62. The topological polar surface area (TPSA) is 104 Å². The molecular weight excluding hydrogens is 214 g/mol. The smallest absolute Gasteiger partial charge is 0.328 e. The number of nitrogens with zero attached hydrogens (tertiary/aromatic N) is 2. The summed E-state index contributed by atoms with van der Waals surface area (Å²) in [4.78, 5) is 22.2. The van der Waals surface area contributed by atoms with Crippen molar-refractivity contribution in [2.45, 2.75) is 13.0 Å². The third-order valence-corrected chi connectivity index (χ3v) is 2.04. The number of carbonyl (C=O) groups excluding carboxylic acids is 1. The second kappa shape index (κ2) is 4.75. The number of carboxylic acids is 1. The van der Waals surface area contributed by atoms with Crippen molar-refractivity contribution in [1.29, 1.82) is 0 Å². The molecule has 1 atom stereocenters. The Balaban J connectivity index is 2.79. The molecule has 1 heterocycles. The van der Waals surface area contributed by atoms with E-state index in [1.54, 1.807) is 14.0 Å². The second-order valence-corrected chi connectivity index (χ2v) is 3.35. The van der Waals surface area contributed by atoms with Gasteiger partial charge < -0.3 is 15.5 Å². The van der Waals surface area contributed by atoms with Crippen LogP contribution < -0.4 is 5.32 Å². The Bertz CT molecular complexity index is 413. The molecule has 0 bridgehead atoms. The van der Waals surface area contributed by atoms with Crippen molar-refractivity contribution < 1.29 is 19.8 Å². The van der Waals surface area contributed by atoms with Crippen LogP contribution in [0, 0.1) is 6.92 Å². The van der Waals surface area contributed by atoms with Gasteiger partial charge in [-0.2, -0.15) is 5.10 Å². The molecule has 3 N–H and O–H groups in total. The largest absolute Gasteiger partial charge is 0.480 e. The van der Waals surface area contributed by atoms with Crippen LogP contribution in [-0.2, 0) is 11.8 Å². The van der Waals surface area contributed by atoms with E-state index in [9.17, 15) is 9.59 Å². The molecule has 0 aliphatic heterocycles. The lowest BCUT2D eigenvalue weighted by Gasteiger charge is -2.10. The standard InChI is InChI=1S/C9H13N3O4/c1-5-6(3-12(2)11-5)8(14)10-7(4-13)9(15)16/h3,7,13H,4H2,1-2H3,(H,10,14)(H,15,16)/t7-/m0/s1. The summed E-state index contributed by atoms with van der Waals surface area (Å²) in [5, 5.41) is 23.5. The van der Waals surface area contributed by atoms with Crippen molar-refractivity contribution >= 4 is 11.9 Å². The SMILES string of the molecule is Cc1nn(C)cc1C(=O)N[C@@H](CO)C(=O)O. The van der Waals surface area contributed by atoms with E-state index < -0.39 is 24.5 Å². The molecule has 1 aromatic rings. The first kappa shape index (κ1) is 12.2. The average Bonchev–Trinajstić information content (AvgIpc) is 2.53. The third kappa shape index (κ3) is 2.57. The molecule has 7 heteroatoms. The summed E-state index contributed by atoms with van der Waals surface area (Å²) in [6.45, 7) is 0.990. The van der Waals surface area contributed by atoms with Gasteiger partial charge in [-0.1, -0.05) is 0 Å². The van der Waals surface area contributed by atoms with Crippen molar-refractivity contribution in [3.05, 3.63) is 17.5 Å². The van der Waals surface area contributed by atoms with Crippen LogP contribution >= 0.6 is 0 Å². The minimum atomic E-state index is -1.30. The van der Waals surface area contributed by atoms with Gasteiger partial charge in [-0.05, 0) is 6.92 Å². The molecule has 7 nitrogen and oxygen atoms in total. The van der Waals surface area contributed by atoms with E-state index in [1.165, 1.54) is 10.9 Å². The number of hydrogen-bond acceptors (Lipinski definition) is 4. The van der Waals surface area contributed by atoms with Gasteiger partial charge >= 0.3 is 5.97 Å². The molecule has 0 aliphatic rings. The zero-order valence-electron chi connectivity index (χ0n) is 8.97. The summed E-state index contributed by atoms with van der Waals surface area (Å²) in [6, 6.07) is -1.30. The molecular formula is C9H13N3O4. The highest BCUT2D eigenvalue weighted by atomic mass is 16.4. The number of carbonyl (C=O) groups is 2. The van der Waals surface area contributed by atoms with Crippen molar-refractivity contribution in [1.82, 2.24) is 15.1 Å². The van der Waals surface area contributed by atoms with Crippen LogP contribution in [-0.4, -0.2) is 44.5 Å². The molecule has 0 aromatic carbocycles. The Morgan fingerprint density at radius 3 is 2.62 bits per heavy atom. The summed E-state index contributed by atoms with van der Waals surface area (Å²) >= 11 is 0. The van der Waals surface area contributed by atoms with Gasteiger partial charge in [0.2, 0.25) is 0 Å². The van der Waals surface area contributed by atoms with E-state index in [-0.39, 0.29) is 0 Å². The third-order valence-electron chi connectivity index (χ3n) is 2.04. The summed E-state index contributed by atoms with van der Waals surface area (Å²) < 4.78 is 1.46. The maximum Gasteiger partial charge on any atom is 0.328 e. The van der Waals surface area contributed by atoms with Gasteiger partial charge in [-0.25, -0.2) is 4.79 Å². The van der Waals surface area contributed by atoms with Crippen molar-refractivity contribution in [3.63, 3.8) is 0 Å². The summed E-state index contributed by atoms with van der Waals surface area (Å²) in [7, 11) is 1.66. The number of carboxylic acid groups (broad SMARTS) is 1. The highest BCUT2D eigenvalue weighted by Crippen LogP contribution is 2.04. The number of aliphatic hydroxyl groups excluding tert-OH is 1. The van der Waals surface area contributed by atoms with Crippen molar-refractivity contribution in [3.8, 4) is 0 Å². The fourth-order valence-electron chi connectivity index (χ4n) is 1.24. The first-order chi connectivity index (χ1) is 7.45. The minimum Gasteiger partial charge on any atom is -0.480 e. The lowest BCUT2D eigenvalue weighted by molar-refractivity contribution is -0.140. The number of rotatable bonds is 4. The van der Waals surface area contributed by atoms with E-state index >= 15 is 0 Å². The Labute approximate surface area is 91.7 Å². The molecule has 0 fully saturated rings. The Morgan fingerprint density at radius 1 is 1.62 bits per heavy atom. The van der Waals surface area contributed by atoms with Crippen LogP contribution in [0.3, 0.4) is 0 Å². The minimum absolute atomic E-state index is 0.294. The Morgan fingerprint density at radius 2 is 2.25 bits per heavy atom. The molecule has 0 spiro atoms. The first-order valence-electron chi connectivity index (χ1n) is 4.60. The van der Waals surface area contributed by atoms with Crippen molar-refractivity contribution in [2.24, 2.45) is 7.05 Å². The van der Waals surface area contributed by atoms with Gasteiger partial charge in [0.15, 0.2) is 6.04 Å². The molecule has 0 saturated carbocycles. The maximum absolute atomic E-state index is 11.6. The average molecular weight is 227 g/mol. The van der Waals surface area contributed by atoms with Gasteiger partial charge in [-0.15, -0.1) is 0 Å². The van der Waals surface area contributed by atoms with E-state index in [2.05, 4.69) is 10.4 Å². The molecule has 1 amide bonds. The lowest BCUT2D eigenvalue weighted by atomic mass is 10.2. The second-order valence-electron chi connectivity index (χ2n) is 3.35. The quantitative estimate of drug-likeness (QED) is 0.606. The summed E-state index contributed by atoms with van der Waals surface area (Å²) in [5.74, 6) is -1.84. The molecule has 0 aliphatic carbocycles. The zero-order chi connectivity index (χ0) is 12.3. The first-order valence-corrected chi connectivity index (χ1v) is 4.60. The normalized spacial score (nSPS) is 12.2. The number of aromatic nitrogens is 2.